The number of carbonyl (C=O) groups is 2. The molecule has 2 amide bonds. The minimum Gasteiger partial charge on any atom is -0.352 e. The molecule has 1 aliphatic carbocycles. The van der Waals surface area contributed by atoms with Crippen LogP contribution in [-0.2, 0) is 22.4 Å². The van der Waals surface area contributed by atoms with E-state index in [1.165, 1.54) is 12.5 Å². The van der Waals surface area contributed by atoms with E-state index in [1.807, 2.05) is 30.3 Å². The molecule has 0 aromatic heterocycles. The van der Waals surface area contributed by atoms with E-state index in [4.69, 9.17) is 0 Å². The normalized spacial score (nSPS) is 15.0. The van der Waals surface area contributed by atoms with Crippen LogP contribution < -0.4 is 5.32 Å². The van der Waals surface area contributed by atoms with E-state index < -0.39 is 11.0 Å². The second-order valence-electron chi connectivity index (χ2n) is 8.40. The molecule has 0 unspecified atom stereocenters. The van der Waals surface area contributed by atoms with Gasteiger partial charge in [-0.3, -0.25) is 19.7 Å². The van der Waals surface area contributed by atoms with Crippen molar-refractivity contribution in [1.29, 1.82) is 0 Å². The monoisotopic (exact) mass is 437 g/mol. The highest BCUT2D eigenvalue weighted by Crippen LogP contribution is 2.21. The van der Waals surface area contributed by atoms with Gasteiger partial charge in [0.15, 0.2) is 0 Å². The Morgan fingerprint density at radius 2 is 1.72 bits per heavy atom. The van der Waals surface area contributed by atoms with E-state index in [2.05, 4.69) is 5.32 Å². The second kappa shape index (κ2) is 11.4. The lowest BCUT2D eigenvalue weighted by molar-refractivity contribution is -0.385. The van der Waals surface area contributed by atoms with E-state index >= 15 is 0 Å². The van der Waals surface area contributed by atoms with Crippen molar-refractivity contribution in [3.8, 4) is 0 Å². The van der Waals surface area contributed by atoms with Gasteiger partial charge in [-0.25, -0.2) is 0 Å². The van der Waals surface area contributed by atoms with E-state index in [0.717, 1.165) is 31.2 Å². The summed E-state index contributed by atoms with van der Waals surface area (Å²) in [6.45, 7) is 2.10. The molecule has 7 heteroatoms. The van der Waals surface area contributed by atoms with Crippen LogP contribution in [0.2, 0.25) is 0 Å². The Kier molecular flexibility index (Phi) is 8.36. The van der Waals surface area contributed by atoms with Gasteiger partial charge in [0.05, 0.1) is 11.3 Å². The van der Waals surface area contributed by atoms with Crippen molar-refractivity contribution in [2.45, 2.75) is 64.0 Å². The summed E-state index contributed by atoms with van der Waals surface area (Å²) in [6, 6.07) is 15.5. The van der Waals surface area contributed by atoms with Gasteiger partial charge in [-0.05, 0) is 31.7 Å². The summed E-state index contributed by atoms with van der Waals surface area (Å²) in [5, 5.41) is 14.5. The molecule has 1 fully saturated rings. The first-order valence-corrected chi connectivity index (χ1v) is 11.3. The second-order valence-corrected chi connectivity index (χ2v) is 8.40. The van der Waals surface area contributed by atoms with Crippen molar-refractivity contribution in [3.05, 3.63) is 75.8 Å². The highest BCUT2D eigenvalue weighted by molar-refractivity contribution is 5.88. The standard InChI is InChI=1S/C25H31N3O4/c1-19(25(30)26-22-13-6-3-7-14-22)27(17-16-20-10-4-2-5-11-20)24(29)18-21-12-8-9-15-23(21)28(31)32/h2,4-5,8-12,15,19,22H,3,6-7,13-14,16-18H2,1H3,(H,26,30)/t19-/m1/s1. The van der Waals surface area contributed by atoms with E-state index in [0.29, 0.717) is 18.5 Å². The summed E-state index contributed by atoms with van der Waals surface area (Å²) in [5.41, 5.74) is 1.34. The first-order chi connectivity index (χ1) is 15.5. The van der Waals surface area contributed by atoms with E-state index in [1.54, 1.807) is 30.0 Å². The van der Waals surface area contributed by atoms with Crippen molar-refractivity contribution in [1.82, 2.24) is 10.2 Å². The number of nitrogens with one attached hydrogen (secondary N) is 1. The summed E-state index contributed by atoms with van der Waals surface area (Å²) >= 11 is 0. The Balaban J connectivity index is 1.75. The summed E-state index contributed by atoms with van der Waals surface area (Å²) < 4.78 is 0. The molecule has 1 N–H and O–H groups in total. The quantitative estimate of drug-likeness (QED) is 0.473. The first kappa shape index (κ1) is 23.4. The Bertz CT molecular complexity index is 926. The maximum atomic E-state index is 13.3. The van der Waals surface area contributed by atoms with Gasteiger partial charge < -0.3 is 10.2 Å². The van der Waals surface area contributed by atoms with Gasteiger partial charge in [0.1, 0.15) is 6.04 Å². The molecule has 32 heavy (non-hydrogen) atoms. The zero-order valence-electron chi connectivity index (χ0n) is 18.5. The fraction of sp³-hybridized carbons (Fsp3) is 0.440. The third-order valence-corrected chi connectivity index (χ3v) is 6.13. The highest BCUT2D eigenvalue weighted by Gasteiger charge is 2.29. The fourth-order valence-electron chi connectivity index (χ4n) is 4.24. The molecule has 2 aromatic rings. The number of para-hydroxylation sites is 1. The van der Waals surface area contributed by atoms with Gasteiger partial charge in [-0.2, -0.15) is 0 Å². The van der Waals surface area contributed by atoms with Crippen molar-refractivity contribution in [3.63, 3.8) is 0 Å². The maximum absolute atomic E-state index is 13.3. The third-order valence-electron chi connectivity index (χ3n) is 6.13. The molecule has 0 saturated heterocycles. The van der Waals surface area contributed by atoms with Crippen molar-refractivity contribution in [2.24, 2.45) is 0 Å². The predicted octanol–water partition coefficient (Wildman–Crippen LogP) is 4.05. The molecular formula is C25H31N3O4. The van der Waals surface area contributed by atoms with Gasteiger partial charge in [0, 0.05) is 24.2 Å². The molecule has 3 rings (SSSR count). The molecule has 0 spiro atoms. The number of rotatable bonds is 9. The zero-order chi connectivity index (χ0) is 22.9. The molecule has 1 saturated carbocycles. The number of nitro benzene ring substituents is 1. The average molecular weight is 438 g/mol. The van der Waals surface area contributed by atoms with Gasteiger partial charge >= 0.3 is 0 Å². The van der Waals surface area contributed by atoms with Crippen LogP contribution in [-0.4, -0.2) is 40.3 Å². The van der Waals surface area contributed by atoms with Crippen LogP contribution >= 0.6 is 0 Å². The molecule has 1 aliphatic rings. The van der Waals surface area contributed by atoms with E-state index in [9.17, 15) is 19.7 Å². The lowest BCUT2D eigenvalue weighted by atomic mass is 9.95. The summed E-state index contributed by atoms with van der Waals surface area (Å²) in [5.74, 6) is -0.456. The Hall–Kier alpha value is -3.22. The number of amides is 2. The van der Waals surface area contributed by atoms with Gasteiger partial charge in [0.2, 0.25) is 11.8 Å². The largest absolute Gasteiger partial charge is 0.352 e. The van der Waals surface area contributed by atoms with Crippen LogP contribution in [0.5, 0.6) is 0 Å². The minimum absolute atomic E-state index is 0.0804. The average Bonchev–Trinajstić information content (AvgIpc) is 2.80. The van der Waals surface area contributed by atoms with Crippen molar-refractivity contribution >= 4 is 17.5 Å². The summed E-state index contributed by atoms with van der Waals surface area (Å²) in [6.07, 6.45) is 5.82. The molecule has 0 bridgehead atoms. The Morgan fingerprint density at radius 1 is 1.06 bits per heavy atom. The van der Waals surface area contributed by atoms with Gasteiger partial charge in [0.25, 0.3) is 5.69 Å². The van der Waals surface area contributed by atoms with Gasteiger partial charge in [-0.15, -0.1) is 0 Å². The third kappa shape index (κ3) is 6.39. The highest BCUT2D eigenvalue weighted by atomic mass is 16.6. The molecular weight excluding hydrogens is 406 g/mol. The smallest absolute Gasteiger partial charge is 0.273 e. The van der Waals surface area contributed by atoms with Crippen LogP contribution in [0.25, 0.3) is 0 Å². The summed E-state index contributed by atoms with van der Waals surface area (Å²) in [4.78, 5) is 38.7. The predicted molar refractivity (Wildman–Crippen MR) is 123 cm³/mol. The van der Waals surface area contributed by atoms with Crippen LogP contribution in [0.15, 0.2) is 54.6 Å². The Labute approximate surface area is 189 Å². The van der Waals surface area contributed by atoms with E-state index in [-0.39, 0.29) is 30.0 Å². The SMILES string of the molecule is C[C@H](C(=O)NC1CCCCC1)N(CCc1ccccc1)C(=O)Cc1ccccc1[N+](=O)[O-]. The molecule has 0 radical (unpaired) electrons. The Morgan fingerprint density at radius 3 is 2.41 bits per heavy atom. The fourth-order valence-corrected chi connectivity index (χ4v) is 4.24. The maximum Gasteiger partial charge on any atom is 0.273 e. The lowest BCUT2D eigenvalue weighted by Crippen LogP contribution is -2.51. The molecule has 2 aromatic carbocycles. The number of hydrogen-bond acceptors (Lipinski definition) is 4. The van der Waals surface area contributed by atoms with Crippen LogP contribution in [0, 0.1) is 10.1 Å². The van der Waals surface area contributed by atoms with Crippen molar-refractivity contribution in [2.75, 3.05) is 6.54 Å². The van der Waals surface area contributed by atoms with Crippen LogP contribution in [0.3, 0.4) is 0 Å². The minimum atomic E-state index is -0.657. The number of nitrogens with zero attached hydrogens (tertiary/aromatic N) is 2. The number of nitro groups is 1. The van der Waals surface area contributed by atoms with Crippen LogP contribution in [0.1, 0.15) is 50.2 Å². The number of carbonyl (C=O) groups excluding carboxylic acids is 2. The zero-order valence-corrected chi connectivity index (χ0v) is 18.5. The number of benzene rings is 2. The number of hydrogen-bond donors (Lipinski definition) is 1. The summed E-state index contributed by atoms with van der Waals surface area (Å²) in [7, 11) is 0. The van der Waals surface area contributed by atoms with Crippen molar-refractivity contribution < 1.29 is 14.5 Å². The molecule has 170 valence electrons. The molecule has 1 atom stereocenters. The molecule has 0 heterocycles. The topological polar surface area (TPSA) is 92.6 Å². The first-order valence-electron chi connectivity index (χ1n) is 11.3. The van der Waals surface area contributed by atoms with Crippen LogP contribution in [0.4, 0.5) is 5.69 Å². The molecule has 0 aliphatic heterocycles. The molecule has 7 nitrogen and oxygen atoms in total. The van der Waals surface area contributed by atoms with Gasteiger partial charge in [-0.1, -0.05) is 67.8 Å². The lowest BCUT2D eigenvalue weighted by Gasteiger charge is -2.31.